The predicted octanol–water partition coefficient (Wildman–Crippen LogP) is 2.63. The Kier molecular flexibility index (Phi) is 1.66. The third-order valence-electron chi connectivity index (χ3n) is 3.21. The molecule has 1 aliphatic heterocycles. The number of nitrogens with zero attached hydrogens (tertiary/aromatic N) is 1. The minimum absolute atomic E-state index is 0.163. The maximum absolute atomic E-state index is 12.0. The van der Waals surface area contributed by atoms with Gasteiger partial charge in [0.15, 0.2) is 5.78 Å². The highest BCUT2D eigenvalue weighted by atomic mass is 16.1. The fourth-order valence-corrected chi connectivity index (χ4v) is 2.50. The molecule has 0 N–H and O–H groups in total. The fourth-order valence-electron chi connectivity index (χ4n) is 2.50. The molecular weight excluding hydrogens is 186 g/mol. The van der Waals surface area contributed by atoms with Gasteiger partial charge >= 0.3 is 0 Å². The lowest BCUT2D eigenvalue weighted by Gasteiger charge is -2.13. The van der Waals surface area contributed by atoms with Crippen LogP contribution < -0.4 is 0 Å². The number of rotatable bonds is 0. The van der Waals surface area contributed by atoms with Crippen LogP contribution in [0, 0.1) is 6.92 Å². The van der Waals surface area contributed by atoms with Gasteiger partial charge in [-0.2, -0.15) is 0 Å². The first-order chi connectivity index (χ1) is 7.29. The van der Waals surface area contributed by atoms with Gasteiger partial charge in [-0.25, -0.2) is 0 Å². The molecule has 1 aliphatic carbocycles. The molecule has 1 unspecified atom stereocenters. The summed E-state index contributed by atoms with van der Waals surface area (Å²) in [5.41, 5.74) is 4.16. The van der Waals surface area contributed by atoms with Gasteiger partial charge < -0.3 is 0 Å². The van der Waals surface area contributed by atoms with Crippen molar-refractivity contribution < 1.29 is 4.79 Å². The van der Waals surface area contributed by atoms with Gasteiger partial charge in [0, 0.05) is 29.5 Å². The molecule has 0 bridgehead atoms. The summed E-state index contributed by atoms with van der Waals surface area (Å²) in [5, 5.41) is 0. The number of allylic oxidation sites excluding steroid dienone is 1. The molecule has 0 radical (unpaired) electrons. The Morgan fingerprint density at radius 1 is 1.40 bits per heavy atom. The highest BCUT2D eigenvalue weighted by Gasteiger charge is 2.35. The number of carbonyl (C=O) groups excluding carboxylic acids is 1. The highest BCUT2D eigenvalue weighted by Crippen LogP contribution is 2.42. The second-order valence-electron chi connectivity index (χ2n) is 4.07. The molecular formula is C13H11NO. The van der Waals surface area contributed by atoms with Gasteiger partial charge in [-0.15, -0.1) is 0 Å². The van der Waals surface area contributed by atoms with Crippen LogP contribution in [0.4, 0.5) is 0 Å². The van der Waals surface area contributed by atoms with Crippen LogP contribution in [-0.2, 0) is 0 Å². The van der Waals surface area contributed by atoms with Crippen molar-refractivity contribution in [3.63, 3.8) is 0 Å². The number of benzene rings is 1. The van der Waals surface area contributed by atoms with Crippen LogP contribution in [0.25, 0.3) is 0 Å². The van der Waals surface area contributed by atoms with Gasteiger partial charge in [-0.3, -0.25) is 9.79 Å². The Morgan fingerprint density at radius 3 is 3.13 bits per heavy atom. The number of aliphatic imine (C=N–C) groups is 1. The molecule has 0 aromatic heterocycles. The number of Topliss-reactive ketones (excluding diaryl/α,β-unsaturated/α-hetero) is 1. The number of fused-ring (bicyclic) bond motifs is 3. The summed E-state index contributed by atoms with van der Waals surface area (Å²) in [6.45, 7) is 2.07. The Morgan fingerprint density at radius 2 is 2.27 bits per heavy atom. The summed E-state index contributed by atoms with van der Waals surface area (Å²) in [6.07, 6.45) is 4.47. The summed E-state index contributed by atoms with van der Waals surface area (Å²) in [5.74, 6) is 0.418. The Balaban J connectivity index is 2.28. The minimum Gasteiger partial charge on any atom is -0.289 e. The van der Waals surface area contributed by atoms with Gasteiger partial charge in [0.25, 0.3) is 0 Å². The van der Waals surface area contributed by atoms with E-state index in [2.05, 4.69) is 18.0 Å². The Labute approximate surface area is 88.3 Å². The van der Waals surface area contributed by atoms with E-state index in [1.54, 1.807) is 6.20 Å². The van der Waals surface area contributed by atoms with E-state index in [1.165, 1.54) is 11.1 Å². The van der Waals surface area contributed by atoms with Crippen molar-refractivity contribution in [3.05, 3.63) is 46.7 Å². The third-order valence-corrected chi connectivity index (χ3v) is 3.21. The zero-order valence-electron chi connectivity index (χ0n) is 8.53. The van der Waals surface area contributed by atoms with E-state index in [4.69, 9.17) is 0 Å². The summed E-state index contributed by atoms with van der Waals surface area (Å²) < 4.78 is 0. The molecule has 1 atom stereocenters. The maximum Gasteiger partial charge on any atom is 0.191 e. The van der Waals surface area contributed by atoms with E-state index in [-0.39, 0.29) is 11.7 Å². The van der Waals surface area contributed by atoms with E-state index in [0.717, 1.165) is 17.6 Å². The Hall–Kier alpha value is -1.70. The maximum atomic E-state index is 12.0. The molecule has 1 heterocycles. The van der Waals surface area contributed by atoms with Gasteiger partial charge in [0.1, 0.15) is 0 Å². The summed E-state index contributed by atoms with van der Waals surface area (Å²) in [6, 6.07) is 5.94. The van der Waals surface area contributed by atoms with Crippen LogP contribution in [0.3, 0.4) is 0 Å². The summed E-state index contributed by atoms with van der Waals surface area (Å²) >= 11 is 0. The van der Waals surface area contributed by atoms with Crippen molar-refractivity contribution in [1.29, 1.82) is 0 Å². The molecule has 15 heavy (non-hydrogen) atoms. The zero-order valence-corrected chi connectivity index (χ0v) is 8.53. The second-order valence-corrected chi connectivity index (χ2v) is 4.07. The molecule has 0 spiro atoms. The first-order valence-electron chi connectivity index (χ1n) is 5.15. The van der Waals surface area contributed by atoms with Crippen molar-refractivity contribution >= 4 is 12.0 Å². The summed E-state index contributed by atoms with van der Waals surface area (Å²) in [7, 11) is 0. The van der Waals surface area contributed by atoms with Crippen molar-refractivity contribution in [1.82, 2.24) is 0 Å². The van der Waals surface area contributed by atoms with E-state index >= 15 is 0 Å². The van der Waals surface area contributed by atoms with Crippen molar-refractivity contribution in [2.45, 2.75) is 19.3 Å². The number of hydrogen-bond acceptors (Lipinski definition) is 2. The van der Waals surface area contributed by atoms with Crippen LogP contribution >= 0.6 is 0 Å². The van der Waals surface area contributed by atoms with Gasteiger partial charge in [0.2, 0.25) is 0 Å². The van der Waals surface area contributed by atoms with Gasteiger partial charge in [-0.1, -0.05) is 18.2 Å². The van der Waals surface area contributed by atoms with Gasteiger partial charge in [0.05, 0.1) is 0 Å². The first-order valence-corrected chi connectivity index (χ1v) is 5.15. The number of carbonyl (C=O) groups is 1. The molecule has 74 valence electrons. The van der Waals surface area contributed by atoms with Crippen LogP contribution in [0.15, 0.2) is 35.0 Å². The average molecular weight is 197 g/mol. The fraction of sp³-hybridized carbons (Fsp3) is 0.231. The third kappa shape index (κ3) is 1.05. The molecule has 0 saturated carbocycles. The molecule has 1 aromatic rings. The van der Waals surface area contributed by atoms with E-state index in [1.807, 2.05) is 18.3 Å². The first kappa shape index (κ1) is 8.60. The lowest BCUT2D eigenvalue weighted by atomic mass is 9.91. The largest absolute Gasteiger partial charge is 0.289 e. The number of ketones is 1. The smallest absolute Gasteiger partial charge is 0.191 e. The van der Waals surface area contributed by atoms with Crippen molar-refractivity contribution in [2.75, 3.05) is 0 Å². The number of hydrogen-bond donors (Lipinski definition) is 0. The quantitative estimate of drug-likeness (QED) is 0.628. The SMILES string of the molecule is Cc1cccc2c1C1CC=NC=C1C2=O. The molecule has 2 aliphatic rings. The average Bonchev–Trinajstić information content (AvgIpc) is 2.55. The zero-order chi connectivity index (χ0) is 10.4. The standard InChI is InChI=1S/C13H11NO/c1-8-3-2-4-10-12(8)9-5-6-14-7-11(9)13(10)15/h2-4,6-7,9H,5H2,1H3. The lowest BCUT2D eigenvalue weighted by Crippen LogP contribution is -2.04. The minimum atomic E-state index is 0.163. The van der Waals surface area contributed by atoms with E-state index < -0.39 is 0 Å². The van der Waals surface area contributed by atoms with Crippen LogP contribution in [0.1, 0.15) is 33.8 Å². The molecule has 1 aromatic carbocycles. The molecule has 0 fully saturated rings. The molecule has 2 nitrogen and oxygen atoms in total. The molecule has 0 amide bonds. The predicted molar refractivity (Wildman–Crippen MR) is 59.4 cm³/mol. The highest BCUT2D eigenvalue weighted by molar-refractivity contribution is 6.15. The normalized spacial score (nSPS) is 22.3. The van der Waals surface area contributed by atoms with E-state index in [0.29, 0.717) is 0 Å². The van der Waals surface area contributed by atoms with Crippen molar-refractivity contribution in [2.24, 2.45) is 4.99 Å². The molecule has 0 saturated heterocycles. The van der Waals surface area contributed by atoms with E-state index in [9.17, 15) is 4.79 Å². The molecule has 3 rings (SSSR count). The monoisotopic (exact) mass is 197 g/mol. The van der Waals surface area contributed by atoms with Crippen LogP contribution in [0.5, 0.6) is 0 Å². The second kappa shape index (κ2) is 2.89. The number of aryl methyl sites for hydroxylation is 1. The van der Waals surface area contributed by atoms with Gasteiger partial charge in [-0.05, 0) is 24.5 Å². The summed E-state index contributed by atoms with van der Waals surface area (Å²) in [4.78, 5) is 16.1. The van der Waals surface area contributed by atoms with Crippen LogP contribution in [-0.4, -0.2) is 12.0 Å². The lowest BCUT2D eigenvalue weighted by molar-refractivity contribution is 0.103. The topological polar surface area (TPSA) is 29.4 Å². The Bertz CT molecular complexity index is 511. The molecule has 2 heteroatoms. The van der Waals surface area contributed by atoms with Crippen LogP contribution in [0.2, 0.25) is 0 Å². The van der Waals surface area contributed by atoms with Crippen molar-refractivity contribution in [3.8, 4) is 0 Å².